The molecule has 3 rings (SSSR count). The molecule has 1 heterocycles. The van der Waals surface area contributed by atoms with E-state index in [0.29, 0.717) is 25.9 Å². The summed E-state index contributed by atoms with van der Waals surface area (Å²) in [5.41, 5.74) is 0.991. The molecule has 1 amide bonds. The number of methoxy groups -OCH3 is 1. The van der Waals surface area contributed by atoms with E-state index in [1.807, 2.05) is 25.1 Å². The van der Waals surface area contributed by atoms with Crippen LogP contribution >= 0.6 is 0 Å². The van der Waals surface area contributed by atoms with Gasteiger partial charge in [-0.1, -0.05) is 38.0 Å². The highest BCUT2D eigenvalue weighted by Gasteiger charge is 2.41. The lowest BCUT2D eigenvalue weighted by Gasteiger charge is -2.32. The average molecular weight is 409 g/mol. The molecule has 1 saturated heterocycles. The van der Waals surface area contributed by atoms with Crippen molar-refractivity contribution < 1.29 is 17.9 Å². The van der Waals surface area contributed by atoms with Crippen LogP contribution in [0.3, 0.4) is 0 Å². The lowest BCUT2D eigenvalue weighted by molar-refractivity contribution is -0.124. The Labute approximate surface area is 168 Å². The van der Waals surface area contributed by atoms with Crippen molar-refractivity contribution in [2.75, 3.05) is 26.0 Å². The summed E-state index contributed by atoms with van der Waals surface area (Å²) >= 11 is 0. The van der Waals surface area contributed by atoms with E-state index >= 15 is 0 Å². The number of para-hydroxylation sites is 1. The molecule has 1 atom stereocenters. The van der Waals surface area contributed by atoms with E-state index in [1.165, 1.54) is 4.31 Å². The minimum absolute atomic E-state index is 0.0991. The minimum atomic E-state index is -3.37. The molecule has 7 heteroatoms. The number of hydrogen-bond donors (Lipinski definition) is 1. The van der Waals surface area contributed by atoms with Crippen LogP contribution in [0.4, 0.5) is 0 Å². The number of carbonyl (C=O) groups is 1. The highest BCUT2D eigenvalue weighted by atomic mass is 32.2. The first-order chi connectivity index (χ1) is 13.4. The lowest BCUT2D eigenvalue weighted by Crippen LogP contribution is -2.49. The number of benzene rings is 1. The van der Waals surface area contributed by atoms with Crippen molar-refractivity contribution in [1.29, 1.82) is 0 Å². The second kappa shape index (κ2) is 8.82. The van der Waals surface area contributed by atoms with Gasteiger partial charge in [-0.15, -0.1) is 0 Å². The van der Waals surface area contributed by atoms with Crippen LogP contribution in [-0.2, 0) is 20.2 Å². The van der Waals surface area contributed by atoms with E-state index in [1.54, 1.807) is 7.11 Å². The number of rotatable bonds is 8. The summed E-state index contributed by atoms with van der Waals surface area (Å²) in [6, 6.07) is 7.44. The fourth-order valence-corrected chi connectivity index (χ4v) is 6.51. The van der Waals surface area contributed by atoms with Gasteiger partial charge in [0.05, 0.1) is 12.9 Å². The van der Waals surface area contributed by atoms with Crippen molar-refractivity contribution in [3.63, 3.8) is 0 Å². The van der Waals surface area contributed by atoms with Gasteiger partial charge in [0, 0.05) is 24.1 Å². The van der Waals surface area contributed by atoms with Crippen molar-refractivity contribution in [1.82, 2.24) is 9.62 Å². The number of sulfonamides is 1. The van der Waals surface area contributed by atoms with Gasteiger partial charge in [-0.25, -0.2) is 8.42 Å². The van der Waals surface area contributed by atoms with Crippen molar-refractivity contribution in [2.24, 2.45) is 0 Å². The van der Waals surface area contributed by atoms with Crippen molar-refractivity contribution >= 4 is 15.9 Å². The second-order valence-electron chi connectivity index (χ2n) is 7.99. The van der Waals surface area contributed by atoms with Crippen molar-refractivity contribution in [3.8, 4) is 5.75 Å². The molecule has 0 bridgehead atoms. The maximum atomic E-state index is 12.9. The Balaban J connectivity index is 1.75. The van der Waals surface area contributed by atoms with Gasteiger partial charge in [-0.3, -0.25) is 4.79 Å². The molecule has 28 heavy (non-hydrogen) atoms. The maximum absolute atomic E-state index is 12.9. The van der Waals surface area contributed by atoms with Crippen LogP contribution in [0.15, 0.2) is 24.3 Å². The smallest absolute Gasteiger partial charge is 0.238 e. The average Bonchev–Trinajstić information content (AvgIpc) is 3.37. The fraction of sp³-hybridized carbons (Fsp3) is 0.667. The number of nitrogens with zero attached hydrogens (tertiary/aromatic N) is 1. The number of hydrogen-bond acceptors (Lipinski definition) is 4. The number of ether oxygens (including phenoxy) is 1. The Morgan fingerprint density at radius 3 is 2.64 bits per heavy atom. The molecule has 0 spiro atoms. The molecule has 1 N–H and O–H groups in total. The summed E-state index contributed by atoms with van der Waals surface area (Å²) in [5, 5.41) is 3.10. The van der Waals surface area contributed by atoms with Crippen LogP contribution in [-0.4, -0.2) is 50.6 Å². The first kappa shape index (κ1) is 21.1. The molecule has 0 aromatic heterocycles. The molecular formula is C21H32N2O4S. The third kappa shape index (κ3) is 4.20. The Morgan fingerprint density at radius 2 is 1.96 bits per heavy atom. The Kier molecular flexibility index (Phi) is 6.65. The van der Waals surface area contributed by atoms with Gasteiger partial charge in [0.2, 0.25) is 15.9 Å². The summed E-state index contributed by atoms with van der Waals surface area (Å²) in [7, 11) is -1.69. The van der Waals surface area contributed by atoms with Gasteiger partial charge in [0.1, 0.15) is 11.8 Å². The summed E-state index contributed by atoms with van der Waals surface area (Å²) < 4.78 is 32.0. The molecule has 1 saturated carbocycles. The van der Waals surface area contributed by atoms with Gasteiger partial charge in [0.15, 0.2) is 0 Å². The number of carbonyl (C=O) groups excluding carboxylic acids is 1. The fourth-order valence-electron chi connectivity index (χ4n) is 4.76. The predicted molar refractivity (Wildman–Crippen MR) is 110 cm³/mol. The molecule has 2 aliphatic rings. The highest BCUT2D eigenvalue weighted by Crippen LogP contribution is 2.44. The largest absolute Gasteiger partial charge is 0.496 e. The molecule has 6 nitrogen and oxygen atoms in total. The van der Waals surface area contributed by atoms with E-state index in [0.717, 1.165) is 43.4 Å². The third-order valence-electron chi connectivity index (χ3n) is 6.17. The first-order valence-electron chi connectivity index (χ1n) is 10.3. The van der Waals surface area contributed by atoms with Gasteiger partial charge in [0.25, 0.3) is 0 Å². The first-order valence-corrected chi connectivity index (χ1v) is 12.0. The quantitative estimate of drug-likeness (QED) is 0.718. The zero-order valence-corrected chi connectivity index (χ0v) is 17.8. The summed E-state index contributed by atoms with van der Waals surface area (Å²) in [5.74, 6) is 0.784. The lowest BCUT2D eigenvalue weighted by atomic mass is 9.78. The van der Waals surface area contributed by atoms with E-state index in [4.69, 9.17) is 4.74 Å². The Bertz CT molecular complexity index is 787. The molecule has 1 aliphatic carbocycles. The monoisotopic (exact) mass is 408 g/mol. The zero-order valence-electron chi connectivity index (χ0n) is 16.9. The SMILES string of the molecule is CCCS(=O)(=O)N1CCCC1C(=O)NCC1(c2ccccc2OC)CCCC1. The molecule has 1 aliphatic heterocycles. The highest BCUT2D eigenvalue weighted by molar-refractivity contribution is 7.89. The van der Waals surface area contributed by atoms with E-state index in [2.05, 4.69) is 11.4 Å². The third-order valence-corrected chi connectivity index (χ3v) is 8.24. The van der Waals surface area contributed by atoms with Gasteiger partial charge in [-0.2, -0.15) is 4.31 Å². The zero-order chi connectivity index (χ0) is 20.2. The van der Waals surface area contributed by atoms with E-state index < -0.39 is 16.1 Å². The molecule has 1 aromatic rings. The molecule has 2 fully saturated rings. The predicted octanol–water partition coefficient (Wildman–Crippen LogP) is 2.83. The van der Waals surface area contributed by atoms with Crippen LogP contribution in [0, 0.1) is 0 Å². The van der Waals surface area contributed by atoms with E-state index in [9.17, 15) is 13.2 Å². The van der Waals surface area contributed by atoms with Crippen LogP contribution in [0.1, 0.15) is 57.4 Å². The van der Waals surface area contributed by atoms with Crippen LogP contribution < -0.4 is 10.1 Å². The molecule has 156 valence electrons. The van der Waals surface area contributed by atoms with Gasteiger partial charge in [-0.05, 0) is 38.2 Å². The molecule has 1 unspecified atom stereocenters. The topological polar surface area (TPSA) is 75.7 Å². The second-order valence-corrected chi connectivity index (χ2v) is 10.0. The van der Waals surface area contributed by atoms with E-state index in [-0.39, 0.29) is 17.1 Å². The molecular weight excluding hydrogens is 376 g/mol. The summed E-state index contributed by atoms with van der Waals surface area (Å²) in [4.78, 5) is 12.9. The van der Waals surface area contributed by atoms with Gasteiger partial charge >= 0.3 is 0 Å². The standard InChI is InChI=1S/C21H32N2O4S/c1-3-15-28(25,26)23-14-8-10-18(23)20(24)22-16-21(12-6-7-13-21)17-9-4-5-11-19(17)27-2/h4-5,9,11,18H,3,6-8,10,12-16H2,1-2H3,(H,22,24). The summed E-state index contributed by atoms with van der Waals surface area (Å²) in [6.07, 6.45) is 6.12. The van der Waals surface area contributed by atoms with Crippen molar-refractivity contribution in [2.45, 2.75) is 63.3 Å². The van der Waals surface area contributed by atoms with Crippen LogP contribution in [0.2, 0.25) is 0 Å². The Hall–Kier alpha value is -1.60. The van der Waals surface area contributed by atoms with Gasteiger partial charge < -0.3 is 10.1 Å². The van der Waals surface area contributed by atoms with Crippen LogP contribution in [0.25, 0.3) is 0 Å². The van der Waals surface area contributed by atoms with Crippen LogP contribution in [0.5, 0.6) is 5.75 Å². The molecule has 1 aromatic carbocycles. The summed E-state index contributed by atoms with van der Waals surface area (Å²) in [6.45, 7) is 2.81. The maximum Gasteiger partial charge on any atom is 0.238 e. The normalized spacial score (nSPS) is 22.3. The number of nitrogens with one attached hydrogen (secondary N) is 1. The Morgan fingerprint density at radius 1 is 1.25 bits per heavy atom. The minimum Gasteiger partial charge on any atom is -0.496 e. The molecule has 0 radical (unpaired) electrons. The van der Waals surface area contributed by atoms with Crippen molar-refractivity contribution in [3.05, 3.63) is 29.8 Å². The number of amides is 1.